The normalized spacial score (nSPS) is 17.2. The molecule has 0 fully saturated rings. The van der Waals surface area contributed by atoms with E-state index in [-0.39, 0.29) is 22.3 Å². The van der Waals surface area contributed by atoms with Crippen molar-refractivity contribution in [2.75, 3.05) is 25.3 Å². The van der Waals surface area contributed by atoms with E-state index in [1.165, 1.54) is 14.2 Å². The van der Waals surface area contributed by atoms with E-state index >= 15 is 0 Å². The molecule has 188 valence electrons. The molecule has 1 heterocycles. The number of nitrogens with one attached hydrogen (secondary N) is 2. The molecule has 1 aliphatic rings. The van der Waals surface area contributed by atoms with Crippen LogP contribution in [0.1, 0.15) is 28.2 Å². The van der Waals surface area contributed by atoms with Gasteiger partial charge in [-0.05, 0) is 65.5 Å². The number of methoxy groups -OCH3 is 2. The number of thioether (sulfide) groups is 1. The number of rotatable bonds is 7. The van der Waals surface area contributed by atoms with Gasteiger partial charge in [0.05, 0.1) is 41.1 Å². The van der Waals surface area contributed by atoms with Gasteiger partial charge in [-0.3, -0.25) is 14.4 Å². The lowest BCUT2D eigenvalue weighted by atomic mass is 9.78. The molecule has 3 rings (SSSR count). The Balaban J connectivity index is 1.93. The van der Waals surface area contributed by atoms with Crippen molar-refractivity contribution in [3.8, 4) is 11.8 Å². The number of amides is 2. The number of benzene rings is 2. The molecule has 2 aromatic carbocycles. The second-order valence-corrected chi connectivity index (χ2v) is 10.2. The van der Waals surface area contributed by atoms with Gasteiger partial charge in [-0.15, -0.1) is 0 Å². The van der Waals surface area contributed by atoms with Crippen molar-refractivity contribution >= 4 is 51.2 Å². The van der Waals surface area contributed by atoms with E-state index in [0.717, 1.165) is 34.1 Å². The highest BCUT2D eigenvalue weighted by molar-refractivity contribution is 9.10. The average Bonchev–Trinajstić information content (AvgIpc) is 2.83. The van der Waals surface area contributed by atoms with Crippen molar-refractivity contribution in [2.24, 2.45) is 5.92 Å². The molecule has 10 heteroatoms. The minimum Gasteiger partial charge on any atom is -0.496 e. The predicted molar refractivity (Wildman–Crippen MR) is 141 cm³/mol. The monoisotopic (exact) mass is 571 g/mol. The topological polar surface area (TPSA) is 118 Å². The number of ether oxygens (including phenoxy) is 2. The van der Waals surface area contributed by atoms with Gasteiger partial charge in [0, 0.05) is 11.6 Å². The Bertz CT molecular complexity index is 1280. The summed E-state index contributed by atoms with van der Waals surface area (Å²) in [6.07, 6.45) is 0. The lowest BCUT2D eigenvalue weighted by molar-refractivity contribution is -0.150. The molecule has 0 radical (unpaired) electrons. The number of carbonyl (C=O) groups excluding carboxylic acids is 3. The van der Waals surface area contributed by atoms with Crippen LogP contribution in [-0.2, 0) is 19.1 Å². The van der Waals surface area contributed by atoms with Crippen molar-refractivity contribution in [3.05, 3.63) is 67.7 Å². The van der Waals surface area contributed by atoms with Crippen molar-refractivity contribution < 1.29 is 23.9 Å². The number of anilines is 1. The lowest BCUT2D eigenvalue weighted by Crippen LogP contribution is -2.44. The Kier molecular flexibility index (Phi) is 8.82. The molecule has 2 atom stereocenters. The number of aryl methyl sites for hydroxylation is 3. The van der Waals surface area contributed by atoms with Gasteiger partial charge < -0.3 is 20.1 Å². The lowest BCUT2D eigenvalue weighted by Gasteiger charge is -2.31. The molecule has 0 aromatic heterocycles. The van der Waals surface area contributed by atoms with Gasteiger partial charge in [0.25, 0.3) is 0 Å². The number of halogens is 1. The molecule has 0 saturated carbocycles. The Morgan fingerprint density at radius 1 is 1.17 bits per heavy atom. The number of esters is 1. The molecule has 8 nitrogen and oxygen atoms in total. The molecule has 2 N–H and O–H groups in total. The third kappa shape index (κ3) is 5.74. The highest BCUT2D eigenvalue weighted by Crippen LogP contribution is 2.42. The molecule has 0 bridgehead atoms. The fraction of sp³-hybridized carbons (Fsp3) is 0.308. The van der Waals surface area contributed by atoms with E-state index in [0.29, 0.717) is 15.8 Å². The van der Waals surface area contributed by atoms with E-state index in [9.17, 15) is 19.6 Å². The molecule has 0 saturated heterocycles. The van der Waals surface area contributed by atoms with Crippen LogP contribution < -0.4 is 15.4 Å². The smallest absolute Gasteiger partial charge is 0.319 e. The number of nitriles is 1. The number of hydrogen-bond donors (Lipinski definition) is 2. The first-order valence-electron chi connectivity index (χ1n) is 11.0. The Labute approximate surface area is 222 Å². The maximum absolute atomic E-state index is 13.0. The van der Waals surface area contributed by atoms with Crippen LogP contribution in [-0.4, -0.2) is 37.8 Å². The van der Waals surface area contributed by atoms with Gasteiger partial charge in [0.15, 0.2) is 0 Å². The first-order valence-corrected chi connectivity index (χ1v) is 12.8. The van der Waals surface area contributed by atoms with Crippen LogP contribution in [0.25, 0.3) is 0 Å². The Morgan fingerprint density at radius 2 is 1.83 bits per heavy atom. The molecular weight excluding hydrogens is 546 g/mol. The third-order valence-electron chi connectivity index (χ3n) is 5.81. The number of allylic oxidation sites excluding steroid dienone is 1. The largest absolute Gasteiger partial charge is 0.496 e. The zero-order valence-electron chi connectivity index (χ0n) is 20.5. The highest BCUT2D eigenvalue weighted by Gasteiger charge is 2.44. The summed E-state index contributed by atoms with van der Waals surface area (Å²) in [5, 5.41) is 15.8. The van der Waals surface area contributed by atoms with E-state index in [1.807, 2.05) is 32.9 Å². The number of nitrogens with zero attached hydrogens (tertiary/aromatic N) is 1. The van der Waals surface area contributed by atoms with Crippen LogP contribution >= 0.6 is 27.7 Å². The van der Waals surface area contributed by atoms with Crippen molar-refractivity contribution in [3.63, 3.8) is 0 Å². The quantitative estimate of drug-likeness (QED) is 0.371. The molecule has 0 spiro atoms. The van der Waals surface area contributed by atoms with Gasteiger partial charge in [-0.2, -0.15) is 5.26 Å². The average molecular weight is 572 g/mol. The summed E-state index contributed by atoms with van der Waals surface area (Å²) in [6, 6.07) is 11.2. The van der Waals surface area contributed by atoms with Crippen LogP contribution in [0.2, 0.25) is 0 Å². The summed E-state index contributed by atoms with van der Waals surface area (Å²) in [6.45, 7) is 5.83. The summed E-state index contributed by atoms with van der Waals surface area (Å²) < 4.78 is 10.7. The predicted octanol–water partition coefficient (Wildman–Crippen LogP) is 4.49. The highest BCUT2D eigenvalue weighted by atomic mass is 79.9. The molecule has 0 aliphatic carbocycles. The Morgan fingerprint density at radius 3 is 2.39 bits per heavy atom. The summed E-state index contributed by atoms with van der Waals surface area (Å²) in [5.41, 5.74) is 4.45. The SMILES string of the molecule is COC(=O)[C@H]1C(=O)NC(SCC(=O)Nc2c(C)cc(C)cc2C)=C(C#N)[C@H]1c1ccc(OC)c(Br)c1. The minimum absolute atomic E-state index is 0.0462. The fourth-order valence-electron chi connectivity index (χ4n) is 4.25. The van der Waals surface area contributed by atoms with Crippen LogP contribution in [0.3, 0.4) is 0 Å². The standard InChI is InChI=1S/C26H26BrN3O5S/c1-13-8-14(2)23(15(3)9-13)29-20(31)12-36-25-17(11-28)21(22(24(32)30-25)26(33)35-5)16-6-7-19(34-4)18(27)10-16/h6-10,21-22H,12H2,1-5H3,(H,29,31)(H,30,32)/t21-,22-/m1/s1. The van der Waals surface area contributed by atoms with Crippen molar-refractivity contribution in [1.82, 2.24) is 5.32 Å². The maximum atomic E-state index is 13.0. The van der Waals surface area contributed by atoms with E-state index < -0.39 is 23.7 Å². The van der Waals surface area contributed by atoms with Crippen molar-refractivity contribution in [1.29, 1.82) is 5.26 Å². The van der Waals surface area contributed by atoms with Crippen LogP contribution in [0.15, 0.2) is 45.4 Å². The molecule has 1 aliphatic heterocycles. The number of hydrogen-bond acceptors (Lipinski definition) is 7. The molecule has 2 amide bonds. The zero-order chi connectivity index (χ0) is 26.6. The second kappa shape index (κ2) is 11.6. The van der Waals surface area contributed by atoms with Gasteiger partial charge in [0.2, 0.25) is 11.8 Å². The van der Waals surface area contributed by atoms with Gasteiger partial charge >= 0.3 is 5.97 Å². The van der Waals surface area contributed by atoms with Gasteiger partial charge in [-0.1, -0.05) is 35.5 Å². The molecule has 0 unspecified atom stereocenters. The van der Waals surface area contributed by atoms with E-state index in [2.05, 4.69) is 32.6 Å². The van der Waals surface area contributed by atoms with Crippen molar-refractivity contribution in [2.45, 2.75) is 26.7 Å². The maximum Gasteiger partial charge on any atom is 0.319 e. The third-order valence-corrected chi connectivity index (χ3v) is 7.44. The summed E-state index contributed by atoms with van der Waals surface area (Å²) in [4.78, 5) is 38.3. The molecule has 2 aromatic rings. The van der Waals surface area contributed by atoms with Crippen LogP contribution in [0.4, 0.5) is 5.69 Å². The van der Waals surface area contributed by atoms with Gasteiger partial charge in [-0.25, -0.2) is 0 Å². The minimum atomic E-state index is -1.26. The first-order chi connectivity index (χ1) is 17.1. The van der Waals surface area contributed by atoms with Gasteiger partial charge in [0.1, 0.15) is 11.7 Å². The van der Waals surface area contributed by atoms with Crippen LogP contribution in [0, 0.1) is 38.0 Å². The van der Waals surface area contributed by atoms with E-state index in [1.54, 1.807) is 18.2 Å². The summed E-state index contributed by atoms with van der Waals surface area (Å²) in [5.74, 6) is -3.30. The zero-order valence-corrected chi connectivity index (χ0v) is 22.9. The molecular formula is C26H26BrN3O5S. The fourth-order valence-corrected chi connectivity index (χ4v) is 5.65. The summed E-state index contributed by atoms with van der Waals surface area (Å²) >= 11 is 4.45. The Hall–Kier alpha value is -3.29. The second-order valence-electron chi connectivity index (χ2n) is 8.33. The molecule has 36 heavy (non-hydrogen) atoms. The van der Waals surface area contributed by atoms with Crippen LogP contribution in [0.5, 0.6) is 5.75 Å². The van der Waals surface area contributed by atoms with E-state index in [4.69, 9.17) is 9.47 Å². The number of carbonyl (C=O) groups is 3. The summed E-state index contributed by atoms with van der Waals surface area (Å²) in [7, 11) is 2.71. The first kappa shape index (κ1) is 27.3.